The summed E-state index contributed by atoms with van der Waals surface area (Å²) in [5.41, 5.74) is 1.33. The zero-order valence-corrected chi connectivity index (χ0v) is 27.0. The van der Waals surface area contributed by atoms with Gasteiger partial charge >= 0.3 is 0 Å². The Morgan fingerprint density at radius 3 is 2.30 bits per heavy atom. The van der Waals surface area contributed by atoms with E-state index in [4.69, 9.17) is 27.9 Å². The highest BCUT2D eigenvalue weighted by Crippen LogP contribution is 2.48. The lowest BCUT2D eigenvalue weighted by molar-refractivity contribution is -0.180. The average molecular weight is 662 g/mol. The summed E-state index contributed by atoms with van der Waals surface area (Å²) in [6, 6.07) is 18.4. The summed E-state index contributed by atoms with van der Waals surface area (Å²) in [7, 11) is -3.66. The van der Waals surface area contributed by atoms with E-state index in [-0.39, 0.29) is 17.4 Å². The molecule has 0 spiro atoms. The van der Waals surface area contributed by atoms with Gasteiger partial charge in [0, 0.05) is 16.1 Å². The third kappa shape index (κ3) is 7.12. The molecule has 3 aromatic rings. The fourth-order valence-electron chi connectivity index (χ4n) is 5.54. The standard InChI is InChI=1S/C33H35Cl2FN2O5S/c1-33(2,3)44(41,42)19-27(20-11-12-20)38-30(21-13-15-23(34)16-14-21)31(22-7-6-8-24(35)17-22)43-28(32(38)40)18-29(39)37-26-10-5-4-9-25(26)36/h4-10,13-17,20,27-28,30-31H,11-12,18-19H2,1-3H3,(H,37,39)/t27-,28-,30-,31-/m1/s1. The number of benzene rings is 3. The van der Waals surface area contributed by atoms with Gasteiger partial charge in [0.2, 0.25) is 5.91 Å². The molecular formula is C33H35Cl2FN2O5S. The quantitative estimate of drug-likeness (QED) is 0.263. The smallest absolute Gasteiger partial charge is 0.253 e. The first kappa shape index (κ1) is 32.4. The zero-order valence-electron chi connectivity index (χ0n) is 24.7. The highest BCUT2D eigenvalue weighted by molar-refractivity contribution is 7.92. The number of para-hydroxylation sites is 1. The Hall–Kier alpha value is -2.98. The van der Waals surface area contributed by atoms with Gasteiger partial charge in [-0.15, -0.1) is 0 Å². The molecule has 1 saturated carbocycles. The van der Waals surface area contributed by atoms with Gasteiger partial charge in [-0.1, -0.05) is 59.6 Å². The van der Waals surface area contributed by atoms with E-state index in [2.05, 4.69) is 5.32 Å². The number of nitrogens with one attached hydrogen (secondary N) is 1. The second-order valence-electron chi connectivity index (χ2n) is 12.4. The van der Waals surface area contributed by atoms with Gasteiger partial charge in [-0.2, -0.15) is 0 Å². The lowest BCUT2D eigenvalue weighted by Gasteiger charge is -2.48. The van der Waals surface area contributed by atoms with Crippen LogP contribution in [0.4, 0.5) is 10.1 Å². The first-order valence-corrected chi connectivity index (χ1v) is 16.9. The Morgan fingerprint density at radius 2 is 1.68 bits per heavy atom. The van der Waals surface area contributed by atoms with E-state index < -0.39 is 62.9 Å². The van der Waals surface area contributed by atoms with Crippen molar-refractivity contribution >= 4 is 50.5 Å². The molecule has 1 aliphatic carbocycles. The molecule has 0 aromatic heterocycles. The predicted molar refractivity (Wildman–Crippen MR) is 170 cm³/mol. The predicted octanol–water partition coefficient (Wildman–Crippen LogP) is 7.16. The Labute approximate surface area is 267 Å². The molecule has 1 N–H and O–H groups in total. The molecule has 7 nitrogen and oxygen atoms in total. The number of hydrogen-bond acceptors (Lipinski definition) is 5. The molecule has 0 radical (unpaired) electrons. The number of ether oxygens (including phenoxy) is 1. The lowest BCUT2D eigenvalue weighted by Crippen LogP contribution is -2.58. The molecule has 4 atom stereocenters. The molecule has 1 heterocycles. The van der Waals surface area contributed by atoms with Gasteiger partial charge in [-0.05, 0) is 87.1 Å². The Kier molecular flexibility index (Phi) is 9.42. The first-order chi connectivity index (χ1) is 20.7. The second-order valence-corrected chi connectivity index (χ2v) is 16.0. The molecule has 2 aliphatic rings. The Bertz CT molecular complexity index is 1640. The van der Waals surface area contributed by atoms with E-state index in [1.807, 2.05) is 6.07 Å². The van der Waals surface area contributed by atoms with E-state index >= 15 is 0 Å². The van der Waals surface area contributed by atoms with Gasteiger partial charge in [0.15, 0.2) is 9.84 Å². The van der Waals surface area contributed by atoms with E-state index in [9.17, 15) is 22.4 Å². The molecule has 44 heavy (non-hydrogen) atoms. The van der Waals surface area contributed by atoms with Gasteiger partial charge in [0.05, 0.1) is 28.6 Å². The van der Waals surface area contributed by atoms with Crippen molar-refractivity contribution in [3.8, 4) is 0 Å². The maximum Gasteiger partial charge on any atom is 0.253 e. The van der Waals surface area contributed by atoms with E-state index in [1.54, 1.807) is 74.2 Å². The molecule has 11 heteroatoms. The van der Waals surface area contributed by atoms with Crippen LogP contribution in [0.2, 0.25) is 10.0 Å². The van der Waals surface area contributed by atoms with Gasteiger partial charge in [-0.3, -0.25) is 9.59 Å². The highest BCUT2D eigenvalue weighted by atomic mass is 35.5. The molecule has 2 amide bonds. The van der Waals surface area contributed by atoms with Crippen LogP contribution in [0.3, 0.4) is 0 Å². The minimum atomic E-state index is -3.66. The van der Waals surface area contributed by atoms with Crippen molar-refractivity contribution in [3.05, 3.63) is 99.8 Å². The normalized spacial score (nSPS) is 21.6. The molecule has 1 aliphatic heterocycles. The minimum absolute atomic E-state index is 0.0184. The van der Waals surface area contributed by atoms with Gasteiger partial charge < -0.3 is 15.0 Å². The fraction of sp³-hybridized carbons (Fsp3) is 0.394. The first-order valence-electron chi connectivity index (χ1n) is 14.5. The number of halogens is 3. The summed E-state index contributed by atoms with van der Waals surface area (Å²) >= 11 is 12.6. The molecule has 3 aromatic carbocycles. The number of sulfone groups is 1. The van der Waals surface area contributed by atoms with Crippen LogP contribution in [0, 0.1) is 11.7 Å². The number of carbonyl (C=O) groups is 2. The van der Waals surface area contributed by atoms with Crippen LogP contribution < -0.4 is 5.32 Å². The van der Waals surface area contributed by atoms with Crippen molar-refractivity contribution in [1.82, 2.24) is 4.90 Å². The molecule has 1 saturated heterocycles. The van der Waals surface area contributed by atoms with Crippen molar-refractivity contribution < 1.29 is 27.1 Å². The van der Waals surface area contributed by atoms with Crippen molar-refractivity contribution in [2.75, 3.05) is 11.1 Å². The van der Waals surface area contributed by atoms with Crippen LogP contribution in [0.1, 0.15) is 63.3 Å². The number of amides is 2. The van der Waals surface area contributed by atoms with Crippen molar-refractivity contribution in [1.29, 1.82) is 0 Å². The highest BCUT2D eigenvalue weighted by Gasteiger charge is 2.52. The van der Waals surface area contributed by atoms with Crippen LogP contribution in [0.15, 0.2) is 72.8 Å². The maximum atomic E-state index is 14.5. The van der Waals surface area contributed by atoms with E-state index in [0.29, 0.717) is 21.2 Å². The average Bonchev–Trinajstić information content (AvgIpc) is 3.80. The lowest BCUT2D eigenvalue weighted by atomic mass is 9.89. The van der Waals surface area contributed by atoms with Gasteiger partial charge in [-0.25, -0.2) is 12.8 Å². The summed E-state index contributed by atoms with van der Waals surface area (Å²) in [6.45, 7) is 4.94. The molecule has 5 rings (SSSR count). The number of morpholine rings is 1. The van der Waals surface area contributed by atoms with Crippen molar-refractivity contribution in [3.63, 3.8) is 0 Å². The molecular weight excluding hydrogens is 626 g/mol. The van der Waals surface area contributed by atoms with E-state index in [1.165, 1.54) is 18.2 Å². The number of anilines is 1. The second kappa shape index (κ2) is 12.8. The van der Waals surface area contributed by atoms with Crippen molar-refractivity contribution in [2.24, 2.45) is 5.92 Å². The third-order valence-electron chi connectivity index (χ3n) is 8.18. The number of hydrogen-bond donors (Lipinski definition) is 1. The largest absolute Gasteiger partial charge is 0.357 e. The molecule has 2 fully saturated rings. The van der Waals surface area contributed by atoms with Crippen LogP contribution in [0.5, 0.6) is 0 Å². The Morgan fingerprint density at radius 1 is 1.00 bits per heavy atom. The van der Waals surface area contributed by atoms with Crippen LogP contribution in [-0.4, -0.2) is 47.8 Å². The van der Waals surface area contributed by atoms with Gasteiger partial charge in [0.25, 0.3) is 5.91 Å². The van der Waals surface area contributed by atoms with E-state index in [0.717, 1.165) is 12.8 Å². The fourth-order valence-corrected chi connectivity index (χ4v) is 7.24. The van der Waals surface area contributed by atoms with Crippen molar-refractivity contribution in [2.45, 2.75) is 69.1 Å². The minimum Gasteiger partial charge on any atom is -0.357 e. The number of carbonyl (C=O) groups excluding carboxylic acids is 2. The number of nitrogens with zero attached hydrogens (tertiary/aromatic N) is 1. The SMILES string of the molecule is CC(C)(C)S(=O)(=O)C[C@H](C1CC1)N1C(=O)[C@@H](CC(=O)Nc2ccccc2F)O[C@H](c2cccc(Cl)c2)[C@H]1c1ccc(Cl)cc1. The summed E-state index contributed by atoms with van der Waals surface area (Å²) in [4.78, 5) is 29.3. The van der Waals surface area contributed by atoms with Crippen LogP contribution in [0.25, 0.3) is 0 Å². The van der Waals surface area contributed by atoms with Crippen LogP contribution in [-0.2, 0) is 24.2 Å². The molecule has 0 unspecified atom stereocenters. The molecule has 234 valence electrons. The molecule has 0 bridgehead atoms. The van der Waals surface area contributed by atoms with Gasteiger partial charge in [0.1, 0.15) is 18.0 Å². The topological polar surface area (TPSA) is 92.8 Å². The summed E-state index contributed by atoms with van der Waals surface area (Å²) < 4.78 is 47.0. The monoisotopic (exact) mass is 660 g/mol. The Balaban J connectivity index is 1.60. The zero-order chi connectivity index (χ0) is 31.8. The maximum absolute atomic E-state index is 14.5. The summed E-state index contributed by atoms with van der Waals surface area (Å²) in [6.07, 6.45) is -0.951. The third-order valence-corrected chi connectivity index (χ3v) is 11.3. The number of rotatable bonds is 9. The summed E-state index contributed by atoms with van der Waals surface area (Å²) in [5, 5.41) is 3.48. The summed E-state index contributed by atoms with van der Waals surface area (Å²) in [5.74, 6) is -2.02. The van der Waals surface area contributed by atoms with Crippen LogP contribution >= 0.6 is 23.2 Å².